The van der Waals surface area contributed by atoms with E-state index in [4.69, 9.17) is 0 Å². The fraction of sp³-hybridized carbons (Fsp3) is 0.200. The third kappa shape index (κ3) is 2.29. The van der Waals surface area contributed by atoms with Crippen LogP contribution in [0.25, 0.3) is 0 Å². The van der Waals surface area contributed by atoms with Gasteiger partial charge in [-0.2, -0.15) is 0 Å². The highest BCUT2D eigenvalue weighted by Crippen LogP contribution is 2.36. The molecule has 0 saturated heterocycles. The highest BCUT2D eigenvalue weighted by Gasteiger charge is 2.26. The van der Waals surface area contributed by atoms with Crippen LogP contribution in [0.4, 0.5) is 5.69 Å². The second-order valence-electron chi connectivity index (χ2n) is 4.74. The van der Waals surface area contributed by atoms with Gasteiger partial charge in [0.1, 0.15) is 5.75 Å². The summed E-state index contributed by atoms with van der Waals surface area (Å²) >= 11 is 3.32. The lowest BCUT2D eigenvalue weighted by molar-refractivity contribution is 0.0984. The average Bonchev–Trinajstić information content (AvgIpc) is 2.46. The van der Waals surface area contributed by atoms with Gasteiger partial charge in [0.25, 0.3) is 5.91 Å². The number of fused-ring (bicyclic) bond motifs is 1. The molecule has 0 saturated carbocycles. The van der Waals surface area contributed by atoms with E-state index in [0.29, 0.717) is 17.8 Å². The predicted molar refractivity (Wildman–Crippen MR) is 80.0 cm³/mol. The highest BCUT2D eigenvalue weighted by molar-refractivity contribution is 9.10. The molecule has 4 nitrogen and oxygen atoms in total. The molecule has 1 N–H and O–H groups in total. The number of para-hydroxylation sites is 1. The van der Waals surface area contributed by atoms with Gasteiger partial charge in [0.2, 0.25) is 0 Å². The Morgan fingerprint density at radius 1 is 1.35 bits per heavy atom. The summed E-state index contributed by atoms with van der Waals surface area (Å²) in [7, 11) is 0. The van der Waals surface area contributed by atoms with Gasteiger partial charge in [-0.05, 0) is 46.5 Å². The molecule has 3 rings (SSSR count). The van der Waals surface area contributed by atoms with Crippen LogP contribution < -0.4 is 4.90 Å². The number of phenols is 1. The lowest BCUT2D eigenvalue weighted by Crippen LogP contribution is -2.35. The maximum Gasteiger partial charge on any atom is 0.259 e. The van der Waals surface area contributed by atoms with Crippen molar-refractivity contribution in [3.63, 3.8) is 0 Å². The number of rotatable bonds is 1. The molecule has 2 heterocycles. The second kappa shape index (κ2) is 5.25. The molecule has 0 spiro atoms. The number of amides is 1. The van der Waals surface area contributed by atoms with Crippen LogP contribution in [0.2, 0.25) is 0 Å². The molecule has 1 aromatic carbocycles. The van der Waals surface area contributed by atoms with Gasteiger partial charge in [-0.15, -0.1) is 0 Å². The zero-order valence-electron chi connectivity index (χ0n) is 10.7. The zero-order chi connectivity index (χ0) is 14.1. The van der Waals surface area contributed by atoms with Crippen LogP contribution in [-0.2, 0) is 6.42 Å². The van der Waals surface area contributed by atoms with Crippen LogP contribution in [0.3, 0.4) is 0 Å². The lowest BCUT2D eigenvalue weighted by atomic mass is 10.0. The van der Waals surface area contributed by atoms with Gasteiger partial charge in [-0.3, -0.25) is 9.78 Å². The number of phenolic OH excluding ortho intramolecular Hbond substituents is 1. The van der Waals surface area contributed by atoms with E-state index in [9.17, 15) is 9.90 Å². The van der Waals surface area contributed by atoms with Crippen LogP contribution in [0, 0.1) is 0 Å². The monoisotopic (exact) mass is 332 g/mol. The average molecular weight is 333 g/mol. The van der Waals surface area contributed by atoms with Gasteiger partial charge in [0, 0.05) is 23.4 Å². The van der Waals surface area contributed by atoms with E-state index in [0.717, 1.165) is 22.9 Å². The Labute approximate surface area is 125 Å². The summed E-state index contributed by atoms with van der Waals surface area (Å²) in [5.74, 6) is 0.0137. The summed E-state index contributed by atoms with van der Waals surface area (Å²) in [6.45, 7) is 0.607. The van der Waals surface area contributed by atoms with Gasteiger partial charge in [0.05, 0.1) is 11.3 Å². The maximum absolute atomic E-state index is 12.6. The van der Waals surface area contributed by atoms with E-state index >= 15 is 0 Å². The molecule has 0 radical (unpaired) electrons. The van der Waals surface area contributed by atoms with E-state index in [-0.39, 0.29) is 11.7 Å². The van der Waals surface area contributed by atoms with Crippen LogP contribution in [0.1, 0.15) is 22.3 Å². The molecule has 5 heteroatoms. The number of anilines is 1. The van der Waals surface area contributed by atoms with Crippen molar-refractivity contribution in [1.82, 2.24) is 4.98 Å². The number of aromatic hydroxyl groups is 1. The van der Waals surface area contributed by atoms with E-state index in [1.807, 2.05) is 12.1 Å². The number of pyridine rings is 1. The molecule has 0 unspecified atom stereocenters. The number of nitrogens with zero attached hydrogens (tertiary/aromatic N) is 2. The summed E-state index contributed by atoms with van der Waals surface area (Å²) in [5, 5.41) is 10.1. The minimum absolute atomic E-state index is 0.138. The topological polar surface area (TPSA) is 53.4 Å². The molecule has 2 aromatic rings. The van der Waals surface area contributed by atoms with Crippen LogP contribution in [0.5, 0.6) is 5.75 Å². The first-order valence-electron chi connectivity index (χ1n) is 6.40. The molecular weight excluding hydrogens is 320 g/mol. The van der Waals surface area contributed by atoms with Crippen molar-refractivity contribution in [3.8, 4) is 5.75 Å². The highest BCUT2D eigenvalue weighted by atomic mass is 79.9. The Bertz CT molecular complexity index is 673. The molecule has 0 bridgehead atoms. The first kappa shape index (κ1) is 13.1. The number of hydrogen-bond acceptors (Lipinski definition) is 3. The molecule has 1 aromatic heterocycles. The Balaban J connectivity index is 2.03. The van der Waals surface area contributed by atoms with Crippen LogP contribution in [0.15, 0.2) is 41.1 Å². The summed E-state index contributed by atoms with van der Waals surface area (Å²) < 4.78 is 0.762. The smallest absolute Gasteiger partial charge is 0.259 e. The van der Waals surface area contributed by atoms with Gasteiger partial charge >= 0.3 is 0 Å². The molecule has 0 atom stereocenters. The van der Waals surface area contributed by atoms with Gasteiger partial charge < -0.3 is 10.0 Å². The molecule has 1 aliphatic heterocycles. The molecule has 20 heavy (non-hydrogen) atoms. The third-order valence-corrected chi connectivity index (χ3v) is 3.83. The standard InChI is InChI=1S/C15H13BrN2O2/c16-12-7-11(8-17-9-12)15(20)18-6-2-4-10-3-1-5-13(19)14(10)18/h1,3,5,7-9,19H,2,4,6H2. The number of carbonyl (C=O) groups excluding carboxylic acids is 1. The molecule has 0 fully saturated rings. The normalized spacial score (nSPS) is 13.9. The number of aryl methyl sites for hydroxylation is 1. The summed E-state index contributed by atoms with van der Waals surface area (Å²) in [6, 6.07) is 7.11. The number of aromatic nitrogens is 1. The van der Waals surface area contributed by atoms with Gasteiger partial charge in [0.15, 0.2) is 0 Å². The van der Waals surface area contributed by atoms with Gasteiger partial charge in [-0.1, -0.05) is 12.1 Å². The molecule has 102 valence electrons. The van der Waals surface area contributed by atoms with Crippen molar-refractivity contribution in [2.24, 2.45) is 0 Å². The van der Waals surface area contributed by atoms with Crippen molar-refractivity contribution in [2.75, 3.05) is 11.4 Å². The Morgan fingerprint density at radius 3 is 3.00 bits per heavy atom. The third-order valence-electron chi connectivity index (χ3n) is 3.39. The summed E-state index contributed by atoms with van der Waals surface area (Å²) in [5.41, 5.74) is 2.15. The Hall–Kier alpha value is -1.88. The molecule has 1 aliphatic rings. The van der Waals surface area contributed by atoms with E-state index in [1.54, 1.807) is 29.4 Å². The fourth-order valence-corrected chi connectivity index (χ4v) is 2.88. The van der Waals surface area contributed by atoms with Crippen molar-refractivity contribution in [1.29, 1.82) is 0 Å². The number of hydrogen-bond donors (Lipinski definition) is 1. The number of benzene rings is 1. The van der Waals surface area contributed by atoms with Crippen molar-refractivity contribution >= 4 is 27.5 Å². The van der Waals surface area contributed by atoms with Crippen LogP contribution in [-0.4, -0.2) is 22.5 Å². The van der Waals surface area contributed by atoms with E-state index in [1.165, 1.54) is 0 Å². The van der Waals surface area contributed by atoms with Crippen molar-refractivity contribution < 1.29 is 9.90 Å². The summed E-state index contributed by atoms with van der Waals surface area (Å²) in [6.07, 6.45) is 4.95. The molecular formula is C15H13BrN2O2. The predicted octanol–water partition coefficient (Wildman–Crippen LogP) is 3.14. The lowest BCUT2D eigenvalue weighted by Gasteiger charge is -2.30. The van der Waals surface area contributed by atoms with Crippen LogP contribution >= 0.6 is 15.9 Å². The van der Waals surface area contributed by atoms with Crippen molar-refractivity contribution in [3.05, 3.63) is 52.3 Å². The number of carbonyl (C=O) groups is 1. The molecule has 1 amide bonds. The zero-order valence-corrected chi connectivity index (χ0v) is 12.3. The van der Waals surface area contributed by atoms with Crippen molar-refractivity contribution in [2.45, 2.75) is 12.8 Å². The summed E-state index contributed by atoms with van der Waals surface area (Å²) in [4.78, 5) is 18.3. The molecule has 0 aliphatic carbocycles. The minimum atomic E-state index is -0.138. The quantitative estimate of drug-likeness (QED) is 0.872. The Morgan fingerprint density at radius 2 is 2.20 bits per heavy atom. The Kier molecular flexibility index (Phi) is 3.44. The van der Waals surface area contributed by atoms with Gasteiger partial charge in [-0.25, -0.2) is 0 Å². The second-order valence-corrected chi connectivity index (χ2v) is 5.65. The van der Waals surface area contributed by atoms with E-state index < -0.39 is 0 Å². The SMILES string of the molecule is O=C(c1cncc(Br)c1)N1CCCc2cccc(O)c21. The fourth-order valence-electron chi connectivity index (χ4n) is 2.52. The largest absolute Gasteiger partial charge is 0.506 e. The first-order chi connectivity index (χ1) is 9.66. The van der Waals surface area contributed by atoms with E-state index in [2.05, 4.69) is 20.9 Å². The maximum atomic E-state index is 12.6. The number of halogens is 1. The first-order valence-corrected chi connectivity index (χ1v) is 7.19. The minimum Gasteiger partial charge on any atom is -0.506 e.